The number of rotatable bonds is 6. The molecule has 0 aliphatic rings. The first-order valence-electron chi connectivity index (χ1n) is 9.65. The number of nitrogens with one attached hydrogen (secondary N) is 2. The van der Waals surface area contributed by atoms with E-state index in [4.69, 9.17) is 0 Å². The summed E-state index contributed by atoms with van der Waals surface area (Å²) in [6.45, 7) is 5.46. The summed E-state index contributed by atoms with van der Waals surface area (Å²) in [6, 6.07) is 15.5. The Labute approximate surface area is 181 Å². The SMILES string of the molecule is Cc1c(O)ccc(C(=O)Nc2ccc(S(=O)(=O)Nc3ccccc3C(C)C)cc2)c1O. The maximum absolute atomic E-state index is 12.8. The zero-order valence-electron chi connectivity index (χ0n) is 17.4. The fraction of sp³-hybridized carbons (Fsp3) is 0.174. The van der Waals surface area contributed by atoms with Crippen LogP contribution in [0.5, 0.6) is 11.5 Å². The van der Waals surface area contributed by atoms with Crippen LogP contribution in [0.2, 0.25) is 0 Å². The van der Waals surface area contributed by atoms with Crippen molar-refractivity contribution in [2.75, 3.05) is 10.0 Å². The Bertz CT molecular complexity index is 1220. The number of benzene rings is 3. The summed E-state index contributed by atoms with van der Waals surface area (Å²) in [5.41, 5.74) is 1.96. The lowest BCUT2D eigenvalue weighted by atomic mass is 10.0. The number of hydrogen-bond donors (Lipinski definition) is 4. The molecule has 7 nitrogen and oxygen atoms in total. The van der Waals surface area contributed by atoms with E-state index >= 15 is 0 Å². The number of phenolic OH excluding ortho intramolecular Hbond substituents is 2. The first-order valence-corrected chi connectivity index (χ1v) is 11.1. The van der Waals surface area contributed by atoms with Crippen LogP contribution in [0.1, 0.15) is 41.3 Å². The van der Waals surface area contributed by atoms with Crippen molar-refractivity contribution in [1.82, 2.24) is 0 Å². The molecule has 0 atom stereocenters. The van der Waals surface area contributed by atoms with Crippen LogP contribution in [-0.4, -0.2) is 24.5 Å². The lowest BCUT2D eigenvalue weighted by molar-refractivity contribution is 0.102. The molecule has 3 aromatic rings. The van der Waals surface area contributed by atoms with Crippen LogP contribution in [0.3, 0.4) is 0 Å². The van der Waals surface area contributed by atoms with Crippen LogP contribution in [-0.2, 0) is 10.0 Å². The van der Waals surface area contributed by atoms with Gasteiger partial charge in [-0.15, -0.1) is 0 Å². The predicted molar refractivity (Wildman–Crippen MR) is 120 cm³/mol. The van der Waals surface area contributed by atoms with Gasteiger partial charge in [-0.2, -0.15) is 0 Å². The summed E-state index contributed by atoms with van der Waals surface area (Å²) < 4.78 is 28.2. The molecule has 4 N–H and O–H groups in total. The van der Waals surface area contributed by atoms with E-state index in [1.54, 1.807) is 12.1 Å². The highest BCUT2D eigenvalue weighted by molar-refractivity contribution is 7.92. The Morgan fingerprint density at radius 1 is 0.935 bits per heavy atom. The quantitative estimate of drug-likeness (QED) is 0.448. The van der Waals surface area contributed by atoms with Crippen molar-refractivity contribution in [1.29, 1.82) is 0 Å². The van der Waals surface area contributed by atoms with Crippen LogP contribution >= 0.6 is 0 Å². The van der Waals surface area contributed by atoms with E-state index in [9.17, 15) is 23.4 Å². The number of sulfonamides is 1. The number of carbonyl (C=O) groups is 1. The number of anilines is 2. The number of phenols is 2. The number of para-hydroxylation sites is 1. The highest BCUT2D eigenvalue weighted by Crippen LogP contribution is 2.30. The van der Waals surface area contributed by atoms with Gasteiger partial charge < -0.3 is 15.5 Å². The minimum Gasteiger partial charge on any atom is -0.508 e. The molecule has 0 aliphatic carbocycles. The Hall–Kier alpha value is -3.52. The van der Waals surface area contributed by atoms with E-state index in [1.807, 2.05) is 26.0 Å². The Morgan fingerprint density at radius 3 is 2.23 bits per heavy atom. The van der Waals surface area contributed by atoms with E-state index in [-0.39, 0.29) is 33.4 Å². The smallest absolute Gasteiger partial charge is 0.261 e. The average Bonchev–Trinajstić information content (AvgIpc) is 2.72. The highest BCUT2D eigenvalue weighted by Gasteiger charge is 2.18. The second-order valence-corrected chi connectivity index (χ2v) is 9.11. The van der Waals surface area contributed by atoms with Crippen LogP contribution in [0, 0.1) is 6.92 Å². The molecule has 0 saturated carbocycles. The zero-order valence-corrected chi connectivity index (χ0v) is 18.2. The number of aromatic hydroxyl groups is 2. The molecular formula is C23H24N2O5S. The van der Waals surface area contributed by atoms with E-state index in [0.29, 0.717) is 11.4 Å². The van der Waals surface area contributed by atoms with Gasteiger partial charge in [-0.3, -0.25) is 9.52 Å². The van der Waals surface area contributed by atoms with E-state index in [1.165, 1.54) is 43.3 Å². The van der Waals surface area contributed by atoms with Crippen LogP contribution in [0.15, 0.2) is 65.6 Å². The molecule has 3 rings (SSSR count). The van der Waals surface area contributed by atoms with Gasteiger partial charge in [0.25, 0.3) is 15.9 Å². The fourth-order valence-electron chi connectivity index (χ4n) is 3.09. The summed E-state index contributed by atoms with van der Waals surface area (Å²) >= 11 is 0. The van der Waals surface area contributed by atoms with E-state index in [0.717, 1.165) is 5.56 Å². The van der Waals surface area contributed by atoms with Crippen molar-refractivity contribution in [2.45, 2.75) is 31.6 Å². The molecule has 0 spiro atoms. The van der Waals surface area contributed by atoms with Gasteiger partial charge in [-0.05, 0) is 60.9 Å². The number of hydrogen-bond acceptors (Lipinski definition) is 5. The van der Waals surface area contributed by atoms with Crippen molar-refractivity contribution in [2.24, 2.45) is 0 Å². The minimum absolute atomic E-state index is 0.000966. The van der Waals surface area contributed by atoms with Gasteiger partial charge in [-0.1, -0.05) is 32.0 Å². The van der Waals surface area contributed by atoms with Gasteiger partial charge in [0.2, 0.25) is 0 Å². The first kappa shape index (κ1) is 22.2. The van der Waals surface area contributed by atoms with Gasteiger partial charge in [-0.25, -0.2) is 8.42 Å². The first-order chi connectivity index (χ1) is 14.6. The third-order valence-electron chi connectivity index (χ3n) is 4.90. The van der Waals surface area contributed by atoms with Gasteiger partial charge in [0.05, 0.1) is 16.1 Å². The third kappa shape index (κ3) is 4.80. The average molecular weight is 441 g/mol. The molecule has 162 valence electrons. The monoisotopic (exact) mass is 440 g/mol. The predicted octanol–water partition coefficient (Wildman–Crippen LogP) is 4.58. The zero-order chi connectivity index (χ0) is 22.8. The maximum Gasteiger partial charge on any atom is 0.261 e. The molecule has 0 unspecified atom stereocenters. The van der Waals surface area contributed by atoms with Crippen LogP contribution in [0.4, 0.5) is 11.4 Å². The standard InChI is InChI=1S/C23H24N2O5S/c1-14(2)18-6-4-5-7-20(18)25-31(29,30)17-10-8-16(9-11-17)24-23(28)19-12-13-21(26)15(3)22(19)27/h4-14,25-27H,1-3H3,(H,24,28). The molecular weight excluding hydrogens is 416 g/mol. The topological polar surface area (TPSA) is 116 Å². The largest absolute Gasteiger partial charge is 0.508 e. The van der Waals surface area contributed by atoms with Crippen molar-refractivity contribution in [3.05, 3.63) is 77.4 Å². The molecule has 0 aromatic heterocycles. The summed E-state index contributed by atoms with van der Waals surface area (Å²) in [5.74, 6) is -0.864. The van der Waals surface area contributed by atoms with Crippen LogP contribution < -0.4 is 10.0 Å². The normalized spacial score (nSPS) is 11.4. The molecule has 0 heterocycles. The Balaban J connectivity index is 1.78. The Kier molecular flexibility index (Phi) is 6.21. The molecule has 8 heteroatoms. The summed E-state index contributed by atoms with van der Waals surface area (Å²) in [7, 11) is -3.81. The Morgan fingerprint density at radius 2 is 1.58 bits per heavy atom. The summed E-state index contributed by atoms with van der Waals surface area (Å²) in [4.78, 5) is 12.5. The second-order valence-electron chi connectivity index (χ2n) is 7.43. The van der Waals surface area contributed by atoms with Gasteiger partial charge in [0, 0.05) is 11.3 Å². The molecule has 3 aromatic carbocycles. The van der Waals surface area contributed by atoms with Gasteiger partial charge in [0.15, 0.2) is 0 Å². The van der Waals surface area contributed by atoms with Crippen molar-refractivity contribution in [3.63, 3.8) is 0 Å². The minimum atomic E-state index is -3.81. The molecule has 0 fully saturated rings. The molecule has 0 aliphatic heterocycles. The molecule has 31 heavy (non-hydrogen) atoms. The number of carbonyl (C=O) groups excluding carboxylic acids is 1. The molecule has 0 saturated heterocycles. The molecule has 0 bridgehead atoms. The molecule has 1 amide bonds. The van der Waals surface area contributed by atoms with Gasteiger partial charge >= 0.3 is 0 Å². The fourth-order valence-corrected chi connectivity index (χ4v) is 4.17. The summed E-state index contributed by atoms with van der Waals surface area (Å²) in [5, 5.41) is 22.3. The highest BCUT2D eigenvalue weighted by atomic mass is 32.2. The third-order valence-corrected chi connectivity index (χ3v) is 6.28. The summed E-state index contributed by atoms with van der Waals surface area (Å²) in [6.07, 6.45) is 0. The van der Waals surface area contributed by atoms with E-state index in [2.05, 4.69) is 10.0 Å². The lowest BCUT2D eigenvalue weighted by Crippen LogP contribution is -2.15. The van der Waals surface area contributed by atoms with Crippen molar-refractivity contribution in [3.8, 4) is 11.5 Å². The second kappa shape index (κ2) is 8.69. The van der Waals surface area contributed by atoms with Gasteiger partial charge in [0.1, 0.15) is 11.5 Å². The lowest BCUT2D eigenvalue weighted by Gasteiger charge is -2.15. The van der Waals surface area contributed by atoms with E-state index < -0.39 is 15.9 Å². The van der Waals surface area contributed by atoms with Crippen LogP contribution in [0.25, 0.3) is 0 Å². The molecule has 0 radical (unpaired) electrons. The number of amides is 1. The van der Waals surface area contributed by atoms with Crippen molar-refractivity contribution < 1.29 is 23.4 Å². The van der Waals surface area contributed by atoms with Crippen molar-refractivity contribution >= 4 is 27.3 Å². The maximum atomic E-state index is 12.8.